The second kappa shape index (κ2) is 8.97. The maximum Gasteiger partial charge on any atom is 0.263 e. The zero-order valence-corrected chi connectivity index (χ0v) is 19.1. The SMILES string of the molecule is COc1ccc(CN(C)C(=O)[C@H](N=C2NS(=O)(=O)c3ccccc32)C(C)C)c(OC)c1. The number of amides is 1. The number of nitrogens with zero attached hydrogens (tertiary/aromatic N) is 2. The number of ether oxygens (including phenoxy) is 2. The molecule has 0 bridgehead atoms. The Balaban J connectivity index is 1.88. The Kier molecular flexibility index (Phi) is 6.54. The molecule has 2 aromatic rings. The van der Waals surface area contributed by atoms with Crippen molar-refractivity contribution in [1.29, 1.82) is 0 Å². The van der Waals surface area contributed by atoms with Gasteiger partial charge in [0.1, 0.15) is 23.4 Å². The number of hydrogen-bond acceptors (Lipinski definition) is 6. The fourth-order valence-electron chi connectivity index (χ4n) is 3.40. The maximum absolute atomic E-state index is 13.2. The highest BCUT2D eigenvalue weighted by atomic mass is 32.2. The minimum atomic E-state index is -3.67. The molecule has 1 heterocycles. The average molecular weight is 446 g/mol. The molecule has 0 spiro atoms. The standard InChI is InChI=1S/C22H27N3O5S/c1-14(2)20(23-21-17-8-6-7-9-19(17)31(27,28)24-21)22(26)25(3)13-15-10-11-16(29-4)12-18(15)30-5/h6-12,14,20H,13H2,1-5H3,(H,23,24)/t20-/m1/s1. The van der Waals surface area contributed by atoms with E-state index < -0.39 is 16.1 Å². The predicted molar refractivity (Wildman–Crippen MR) is 118 cm³/mol. The van der Waals surface area contributed by atoms with Crippen molar-refractivity contribution in [3.8, 4) is 11.5 Å². The van der Waals surface area contributed by atoms with E-state index in [1.54, 1.807) is 56.5 Å². The van der Waals surface area contributed by atoms with Gasteiger partial charge in [0, 0.05) is 30.8 Å². The fraction of sp³-hybridized carbons (Fsp3) is 0.364. The van der Waals surface area contributed by atoms with Gasteiger partial charge in [-0.15, -0.1) is 0 Å². The summed E-state index contributed by atoms with van der Waals surface area (Å²) in [7, 11) is 1.16. The van der Waals surface area contributed by atoms with E-state index in [-0.39, 0.29) is 22.6 Å². The molecule has 2 aromatic carbocycles. The van der Waals surface area contributed by atoms with Gasteiger partial charge in [-0.2, -0.15) is 0 Å². The van der Waals surface area contributed by atoms with Gasteiger partial charge < -0.3 is 14.4 Å². The molecule has 0 aliphatic carbocycles. The second-order valence-corrected chi connectivity index (χ2v) is 9.29. The summed E-state index contributed by atoms with van der Waals surface area (Å²) in [5.41, 5.74) is 1.29. The lowest BCUT2D eigenvalue weighted by Gasteiger charge is -2.25. The Morgan fingerprint density at radius 1 is 1.13 bits per heavy atom. The van der Waals surface area contributed by atoms with Crippen LogP contribution in [0.15, 0.2) is 52.4 Å². The number of methoxy groups -OCH3 is 2. The summed E-state index contributed by atoms with van der Waals surface area (Å²) in [6.45, 7) is 4.07. The van der Waals surface area contributed by atoms with E-state index in [9.17, 15) is 13.2 Å². The van der Waals surface area contributed by atoms with E-state index in [4.69, 9.17) is 9.47 Å². The molecule has 0 radical (unpaired) electrons. The molecule has 1 atom stereocenters. The molecule has 1 N–H and O–H groups in total. The Morgan fingerprint density at radius 3 is 2.48 bits per heavy atom. The van der Waals surface area contributed by atoms with E-state index >= 15 is 0 Å². The van der Waals surface area contributed by atoms with Gasteiger partial charge in [0.25, 0.3) is 10.0 Å². The van der Waals surface area contributed by atoms with Crippen LogP contribution in [0.5, 0.6) is 11.5 Å². The maximum atomic E-state index is 13.2. The quantitative estimate of drug-likeness (QED) is 0.706. The van der Waals surface area contributed by atoms with Gasteiger partial charge in [0.05, 0.1) is 19.1 Å². The van der Waals surface area contributed by atoms with Crippen LogP contribution in [0.2, 0.25) is 0 Å². The first-order chi connectivity index (χ1) is 14.7. The summed E-state index contributed by atoms with van der Waals surface area (Å²) in [5, 5.41) is 0. The molecular formula is C22H27N3O5S. The summed E-state index contributed by atoms with van der Waals surface area (Å²) < 4.78 is 37.9. The van der Waals surface area contributed by atoms with Gasteiger partial charge in [-0.1, -0.05) is 26.0 Å². The topological polar surface area (TPSA) is 97.3 Å². The molecule has 0 saturated heterocycles. The van der Waals surface area contributed by atoms with Crippen molar-refractivity contribution in [2.45, 2.75) is 31.3 Å². The molecule has 1 amide bonds. The number of fused-ring (bicyclic) bond motifs is 1. The predicted octanol–water partition coefficient (Wildman–Crippen LogP) is 2.43. The fourth-order valence-corrected chi connectivity index (χ4v) is 4.64. The van der Waals surface area contributed by atoms with Crippen molar-refractivity contribution in [3.05, 3.63) is 53.6 Å². The molecule has 0 saturated carbocycles. The summed E-state index contributed by atoms with van der Waals surface area (Å²) in [6, 6.07) is 11.3. The number of carbonyl (C=O) groups is 1. The molecule has 0 unspecified atom stereocenters. The third kappa shape index (κ3) is 4.66. The summed E-state index contributed by atoms with van der Waals surface area (Å²) in [6.07, 6.45) is 0. The first-order valence-electron chi connectivity index (χ1n) is 9.83. The molecule has 1 aliphatic heterocycles. The van der Waals surface area contributed by atoms with E-state index in [2.05, 4.69) is 9.71 Å². The molecule has 3 rings (SSSR count). The summed E-state index contributed by atoms with van der Waals surface area (Å²) >= 11 is 0. The van der Waals surface area contributed by atoms with E-state index in [0.717, 1.165) is 5.56 Å². The van der Waals surface area contributed by atoms with Gasteiger partial charge in [-0.05, 0) is 30.2 Å². The van der Waals surface area contributed by atoms with Gasteiger partial charge >= 0.3 is 0 Å². The average Bonchev–Trinajstić information content (AvgIpc) is 3.01. The van der Waals surface area contributed by atoms with Gasteiger partial charge in [-0.25, -0.2) is 8.42 Å². The van der Waals surface area contributed by atoms with Crippen molar-refractivity contribution in [2.24, 2.45) is 10.9 Å². The lowest BCUT2D eigenvalue weighted by Crippen LogP contribution is -2.39. The lowest BCUT2D eigenvalue weighted by molar-refractivity contribution is -0.132. The highest BCUT2D eigenvalue weighted by Crippen LogP contribution is 2.27. The Labute approximate surface area is 182 Å². The monoisotopic (exact) mass is 445 g/mol. The number of benzene rings is 2. The Hall–Kier alpha value is -3.07. The number of rotatable bonds is 7. The van der Waals surface area contributed by atoms with E-state index in [1.165, 1.54) is 6.07 Å². The van der Waals surface area contributed by atoms with Crippen molar-refractivity contribution in [2.75, 3.05) is 21.3 Å². The van der Waals surface area contributed by atoms with Crippen LogP contribution in [-0.4, -0.2) is 52.4 Å². The zero-order valence-electron chi connectivity index (χ0n) is 18.2. The largest absolute Gasteiger partial charge is 0.497 e. The number of sulfonamides is 1. The molecule has 166 valence electrons. The van der Waals surface area contributed by atoms with Gasteiger partial charge in [-0.3, -0.25) is 14.5 Å². The normalized spacial score (nSPS) is 16.5. The van der Waals surface area contributed by atoms with Gasteiger partial charge in [0.15, 0.2) is 0 Å². The van der Waals surface area contributed by atoms with Crippen LogP contribution in [0, 0.1) is 5.92 Å². The molecule has 8 nitrogen and oxygen atoms in total. The molecule has 0 fully saturated rings. The lowest BCUT2D eigenvalue weighted by atomic mass is 10.0. The third-order valence-electron chi connectivity index (χ3n) is 5.09. The zero-order chi connectivity index (χ0) is 22.8. The second-order valence-electron chi connectivity index (χ2n) is 7.64. The summed E-state index contributed by atoms with van der Waals surface area (Å²) in [5.74, 6) is 1.11. The van der Waals surface area contributed by atoms with E-state index in [0.29, 0.717) is 23.6 Å². The molecule has 1 aliphatic rings. The van der Waals surface area contributed by atoms with Crippen LogP contribution in [0.3, 0.4) is 0 Å². The molecule has 0 aromatic heterocycles. The number of nitrogens with one attached hydrogen (secondary N) is 1. The van der Waals surface area contributed by atoms with Crippen molar-refractivity contribution in [1.82, 2.24) is 9.62 Å². The summed E-state index contributed by atoms with van der Waals surface area (Å²) in [4.78, 5) is 19.5. The number of amidine groups is 1. The number of aliphatic imine (C=N–C) groups is 1. The highest BCUT2D eigenvalue weighted by molar-refractivity contribution is 7.90. The van der Waals surface area contributed by atoms with Crippen LogP contribution in [0.4, 0.5) is 0 Å². The van der Waals surface area contributed by atoms with Crippen LogP contribution in [-0.2, 0) is 21.4 Å². The molecule has 31 heavy (non-hydrogen) atoms. The minimum Gasteiger partial charge on any atom is -0.497 e. The Morgan fingerprint density at radius 2 is 1.84 bits per heavy atom. The van der Waals surface area contributed by atoms with Crippen molar-refractivity contribution < 1.29 is 22.7 Å². The smallest absolute Gasteiger partial charge is 0.263 e. The van der Waals surface area contributed by atoms with E-state index in [1.807, 2.05) is 19.9 Å². The van der Waals surface area contributed by atoms with Gasteiger partial charge in [0.2, 0.25) is 5.91 Å². The third-order valence-corrected chi connectivity index (χ3v) is 6.49. The van der Waals surface area contributed by atoms with Crippen LogP contribution >= 0.6 is 0 Å². The highest BCUT2D eigenvalue weighted by Gasteiger charge is 2.33. The van der Waals surface area contributed by atoms with Crippen molar-refractivity contribution >= 4 is 21.8 Å². The minimum absolute atomic E-state index is 0.141. The number of likely N-dealkylation sites (N-methyl/N-ethyl adjacent to an activating group) is 1. The number of hydrogen-bond donors (Lipinski definition) is 1. The molecule has 9 heteroatoms. The first-order valence-corrected chi connectivity index (χ1v) is 11.3. The van der Waals surface area contributed by atoms with Crippen LogP contribution in [0.25, 0.3) is 0 Å². The number of carbonyl (C=O) groups excluding carboxylic acids is 1. The Bertz CT molecular complexity index is 1110. The first kappa shape index (κ1) is 22.6. The van der Waals surface area contributed by atoms with Crippen molar-refractivity contribution in [3.63, 3.8) is 0 Å². The van der Waals surface area contributed by atoms with Crippen LogP contribution in [0.1, 0.15) is 25.0 Å². The van der Waals surface area contributed by atoms with Crippen LogP contribution < -0.4 is 14.2 Å². The molecular weight excluding hydrogens is 418 g/mol.